The van der Waals surface area contributed by atoms with E-state index in [0.29, 0.717) is 5.92 Å². The predicted molar refractivity (Wildman–Crippen MR) is 69.4 cm³/mol. The smallest absolute Gasteiger partial charge is 0.326 e. The van der Waals surface area contributed by atoms with Gasteiger partial charge in [-0.1, -0.05) is 27.2 Å². The van der Waals surface area contributed by atoms with Gasteiger partial charge in [0.25, 0.3) is 0 Å². The first-order chi connectivity index (χ1) is 8.45. The molecule has 0 bridgehead atoms. The van der Waals surface area contributed by atoms with Crippen molar-refractivity contribution in [1.82, 2.24) is 10.2 Å². The Morgan fingerprint density at radius 3 is 2.28 bits per heavy atom. The van der Waals surface area contributed by atoms with Crippen LogP contribution in [0, 0.1) is 11.8 Å². The molecule has 2 N–H and O–H groups in total. The second-order valence-corrected chi connectivity index (χ2v) is 5.35. The largest absolute Gasteiger partial charge is 0.480 e. The van der Waals surface area contributed by atoms with Crippen molar-refractivity contribution in [3.8, 4) is 0 Å². The summed E-state index contributed by atoms with van der Waals surface area (Å²) in [5.41, 5.74) is 0. The number of amides is 2. The summed E-state index contributed by atoms with van der Waals surface area (Å²) in [4.78, 5) is 24.7. The molecule has 1 fully saturated rings. The van der Waals surface area contributed by atoms with E-state index in [-0.39, 0.29) is 11.9 Å². The van der Waals surface area contributed by atoms with Crippen molar-refractivity contribution < 1.29 is 14.7 Å². The lowest BCUT2D eigenvalue weighted by Crippen LogP contribution is -2.51. The molecule has 1 aliphatic heterocycles. The number of hydrogen-bond acceptors (Lipinski definition) is 2. The molecule has 1 atom stereocenters. The van der Waals surface area contributed by atoms with Gasteiger partial charge in [-0.15, -0.1) is 0 Å². The van der Waals surface area contributed by atoms with Gasteiger partial charge in [-0.25, -0.2) is 9.59 Å². The fraction of sp³-hybridized carbons (Fsp3) is 0.846. The lowest BCUT2D eigenvalue weighted by molar-refractivity contribution is -0.140. The number of carboxylic acid groups (broad SMARTS) is 1. The first kappa shape index (κ1) is 14.8. The second kappa shape index (κ2) is 6.61. The third kappa shape index (κ3) is 3.89. The summed E-state index contributed by atoms with van der Waals surface area (Å²) in [5.74, 6) is -0.379. The molecule has 0 aromatic heterocycles. The van der Waals surface area contributed by atoms with Crippen LogP contribution in [0.4, 0.5) is 4.79 Å². The van der Waals surface area contributed by atoms with Crippen LogP contribution in [0.3, 0.4) is 0 Å². The van der Waals surface area contributed by atoms with Crippen molar-refractivity contribution in [2.75, 3.05) is 13.1 Å². The number of aliphatic carboxylic acids is 1. The zero-order valence-corrected chi connectivity index (χ0v) is 11.5. The molecule has 2 amide bonds. The SMILES string of the molecule is CCC1CCN(C(=O)NC(C(=O)O)C(C)C)CC1. The number of likely N-dealkylation sites (tertiary alicyclic amines) is 1. The van der Waals surface area contributed by atoms with Crippen LogP contribution in [0.15, 0.2) is 0 Å². The van der Waals surface area contributed by atoms with Crippen LogP contribution in [0.1, 0.15) is 40.0 Å². The maximum Gasteiger partial charge on any atom is 0.326 e. The monoisotopic (exact) mass is 256 g/mol. The van der Waals surface area contributed by atoms with Gasteiger partial charge in [0.2, 0.25) is 0 Å². The van der Waals surface area contributed by atoms with Gasteiger partial charge in [0.05, 0.1) is 0 Å². The highest BCUT2D eigenvalue weighted by Gasteiger charge is 2.27. The maximum atomic E-state index is 12.0. The minimum absolute atomic E-state index is 0.111. The van der Waals surface area contributed by atoms with E-state index in [1.807, 2.05) is 0 Å². The van der Waals surface area contributed by atoms with E-state index >= 15 is 0 Å². The topological polar surface area (TPSA) is 69.6 Å². The van der Waals surface area contributed by atoms with Gasteiger partial charge >= 0.3 is 12.0 Å². The van der Waals surface area contributed by atoms with Crippen LogP contribution in [0.25, 0.3) is 0 Å². The average molecular weight is 256 g/mol. The molecular weight excluding hydrogens is 232 g/mol. The Kier molecular flexibility index (Phi) is 5.44. The summed E-state index contributed by atoms with van der Waals surface area (Å²) in [7, 11) is 0. The molecule has 18 heavy (non-hydrogen) atoms. The highest BCUT2D eigenvalue weighted by atomic mass is 16.4. The zero-order chi connectivity index (χ0) is 13.7. The van der Waals surface area contributed by atoms with E-state index in [1.54, 1.807) is 18.7 Å². The van der Waals surface area contributed by atoms with E-state index in [9.17, 15) is 9.59 Å². The van der Waals surface area contributed by atoms with Crippen molar-refractivity contribution in [1.29, 1.82) is 0 Å². The standard InChI is InChI=1S/C13H24N2O3/c1-4-10-5-7-15(8-6-10)13(18)14-11(9(2)3)12(16)17/h9-11H,4-8H2,1-3H3,(H,14,18)(H,16,17). The molecule has 0 aliphatic carbocycles. The van der Waals surface area contributed by atoms with Gasteiger partial charge in [0.15, 0.2) is 0 Å². The molecule has 1 saturated heterocycles. The predicted octanol–water partition coefficient (Wildman–Crippen LogP) is 1.93. The second-order valence-electron chi connectivity index (χ2n) is 5.35. The average Bonchev–Trinajstić information content (AvgIpc) is 2.35. The fourth-order valence-electron chi connectivity index (χ4n) is 2.28. The van der Waals surface area contributed by atoms with E-state index in [2.05, 4.69) is 12.2 Å². The summed E-state index contributed by atoms with van der Waals surface area (Å²) in [6, 6.07) is -1.05. The maximum absolute atomic E-state index is 12.0. The Morgan fingerprint density at radius 1 is 1.33 bits per heavy atom. The van der Waals surface area contributed by atoms with Crippen LogP contribution in [-0.4, -0.2) is 41.1 Å². The van der Waals surface area contributed by atoms with Gasteiger partial charge in [0.1, 0.15) is 6.04 Å². The summed E-state index contributed by atoms with van der Waals surface area (Å²) in [6.45, 7) is 7.22. The molecule has 0 aromatic carbocycles. The van der Waals surface area contributed by atoms with Crippen LogP contribution in [0.2, 0.25) is 0 Å². The van der Waals surface area contributed by atoms with Crippen LogP contribution in [-0.2, 0) is 4.79 Å². The summed E-state index contributed by atoms with van der Waals surface area (Å²) < 4.78 is 0. The number of nitrogens with zero attached hydrogens (tertiary/aromatic N) is 1. The van der Waals surface area contributed by atoms with Gasteiger partial charge in [0, 0.05) is 13.1 Å². The number of hydrogen-bond donors (Lipinski definition) is 2. The number of carbonyl (C=O) groups is 2. The van der Waals surface area contributed by atoms with Gasteiger partial charge in [-0.3, -0.25) is 0 Å². The summed E-state index contributed by atoms with van der Waals surface area (Å²) >= 11 is 0. The third-order valence-electron chi connectivity index (χ3n) is 3.69. The molecule has 0 saturated carbocycles. The summed E-state index contributed by atoms with van der Waals surface area (Å²) in [5, 5.41) is 11.6. The van der Waals surface area contributed by atoms with Crippen molar-refractivity contribution in [3.63, 3.8) is 0 Å². The first-order valence-electron chi connectivity index (χ1n) is 6.74. The third-order valence-corrected chi connectivity index (χ3v) is 3.69. The first-order valence-corrected chi connectivity index (χ1v) is 6.74. The number of nitrogens with one attached hydrogen (secondary N) is 1. The number of piperidine rings is 1. The van der Waals surface area contributed by atoms with Gasteiger partial charge < -0.3 is 15.3 Å². The molecule has 0 spiro atoms. The molecule has 1 unspecified atom stereocenters. The molecule has 5 heteroatoms. The molecular formula is C13H24N2O3. The minimum Gasteiger partial charge on any atom is -0.480 e. The van der Waals surface area contributed by atoms with Crippen LogP contribution >= 0.6 is 0 Å². The number of carboxylic acids is 1. The summed E-state index contributed by atoms with van der Waals surface area (Å²) in [6.07, 6.45) is 3.19. The molecule has 104 valence electrons. The fourth-order valence-corrected chi connectivity index (χ4v) is 2.28. The molecule has 1 rings (SSSR count). The van der Waals surface area contributed by atoms with Crippen molar-refractivity contribution >= 4 is 12.0 Å². The van der Waals surface area contributed by atoms with Crippen LogP contribution < -0.4 is 5.32 Å². The normalized spacial score (nSPS) is 18.8. The van der Waals surface area contributed by atoms with E-state index in [0.717, 1.165) is 32.4 Å². The Hall–Kier alpha value is -1.26. The Morgan fingerprint density at radius 2 is 1.89 bits per heavy atom. The highest BCUT2D eigenvalue weighted by Crippen LogP contribution is 2.20. The quantitative estimate of drug-likeness (QED) is 0.807. The van der Waals surface area contributed by atoms with Crippen molar-refractivity contribution in [2.45, 2.75) is 46.1 Å². The van der Waals surface area contributed by atoms with Gasteiger partial charge in [-0.05, 0) is 24.7 Å². The molecule has 5 nitrogen and oxygen atoms in total. The number of carbonyl (C=O) groups excluding carboxylic acids is 1. The van der Waals surface area contributed by atoms with Crippen molar-refractivity contribution in [2.24, 2.45) is 11.8 Å². The molecule has 1 aliphatic rings. The van der Waals surface area contributed by atoms with E-state index in [1.165, 1.54) is 0 Å². The Bertz CT molecular complexity index is 297. The molecule has 0 aromatic rings. The molecule has 0 radical (unpaired) electrons. The van der Waals surface area contributed by atoms with Crippen LogP contribution in [0.5, 0.6) is 0 Å². The van der Waals surface area contributed by atoms with Crippen molar-refractivity contribution in [3.05, 3.63) is 0 Å². The Balaban J connectivity index is 2.48. The Labute approximate surface area is 109 Å². The van der Waals surface area contributed by atoms with E-state index in [4.69, 9.17) is 5.11 Å². The lowest BCUT2D eigenvalue weighted by Gasteiger charge is -2.32. The number of urea groups is 1. The highest BCUT2D eigenvalue weighted by molar-refractivity contribution is 5.82. The lowest BCUT2D eigenvalue weighted by atomic mass is 9.94. The minimum atomic E-state index is -0.971. The zero-order valence-electron chi connectivity index (χ0n) is 11.5. The number of rotatable bonds is 4. The van der Waals surface area contributed by atoms with Gasteiger partial charge in [-0.2, -0.15) is 0 Å². The molecule has 1 heterocycles. The van der Waals surface area contributed by atoms with E-state index < -0.39 is 12.0 Å².